The molecule has 4 aromatic rings. The van der Waals surface area contributed by atoms with Gasteiger partial charge in [0.1, 0.15) is 13.2 Å². The van der Waals surface area contributed by atoms with E-state index in [-0.39, 0.29) is 33.5 Å². The number of ketones is 1. The minimum atomic E-state index is -0.928. The number of hydrogen-bond acceptors (Lipinski definition) is 9. The fraction of sp³-hybridized carbons (Fsp3) is 0.489. The predicted octanol–water partition coefficient (Wildman–Crippen LogP) is 9.02. The molecule has 0 bridgehead atoms. The molecule has 0 atom stereocenters. The smallest absolute Gasteiger partial charge is 0.335 e. The van der Waals surface area contributed by atoms with Gasteiger partial charge in [-0.3, -0.25) is 4.79 Å². The van der Waals surface area contributed by atoms with Crippen molar-refractivity contribution in [2.75, 3.05) is 0 Å². The Labute approximate surface area is 340 Å². The molecule has 0 amide bonds. The Morgan fingerprint density at radius 1 is 0.632 bits per heavy atom. The lowest BCUT2D eigenvalue weighted by Gasteiger charge is -2.46. The van der Waals surface area contributed by atoms with Crippen LogP contribution in [0.4, 0.5) is 0 Å². The quantitative estimate of drug-likeness (QED) is 0.115. The molecule has 0 saturated carbocycles. The number of carboxylic acids is 1. The summed E-state index contributed by atoms with van der Waals surface area (Å²) >= 11 is 0. The van der Waals surface area contributed by atoms with Crippen LogP contribution in [0.15, 0.2) is 84.9 Å². The summed E-state index contributed by atoms with van der Waals surface area (Å²) < 4.78 is 11.3. The average Bonchev–Trinajstić information content (AvgIpc) is 3.08. The van der Waals surface area contributed by atoms with Gasteiger partial charge < -0.3 is 30.9 Å². The molecule has 2 aromatic heterocycles. The summed E-state index contributed by atoms with van der Waals surface area (Å²) in [5, 5.41) is 16.0. The van der Waals surface area contributed by atoms with Crippen LogP contribution in [-0.2, 0) is 13.2 Å². The lowest BCUT2D eigenvalue weighted by molar-refractivity contribution is 0.0696. The molecular weight excluding hydrogens is 715 g/mol. The molecule has 5 N–H and O–H groups in total. The number of nitrogens with zero attached hydrogens (tertiary/aromatic N) is 2. The van der Waals surface area contributed by atoms with Crippen LogP contribution in [0.2, 0.25) is 0 Å². The number of hydrogen-bond donors (Lipinski definition) is 4. The van der Waals surface area contributed by atoms with Crippen molar-refractivity contribution < 1.29 is 24.2 Å². The molecule has 4 heterocycles. The average molecular weight is 780 g/mol. The zero-order valence-electron chi connectivity index (χ0n) is 35.7. The summed E-state index contributed by atoms with van der Waals surface area (Å²) in [6, 6.07) is 26.0. The topological polar surface area (TPSA) is 149 Å². The minimum absolute atomic E-state index is 0.0672. The van der Waals surface area contributed by atoms with Gasteiger partial charge in [0.15, 0.2) is 5.78 Å². The van der Waals surface area contributed by atoms with E-state index in [1.165, 1.54) is 0 Å². The highest BCUT2D eigenvalue weighted by molar-refractivity contribution is 5.96. The predicted molar refractivity (Wildman–Crippen MR) is 228 cm³/mol. The lowest BCUT2D eigenvalue weighted by Crippen LogP contribution is -2.60. The van der Waals surface area contributed by atoms with Crippen LogP contribution in [-0.4, -0.2) is 55.0 Å². The highest BCUT2D eigenvalue weighted by atomic mass is 16.5. The Bertz CT molecular complexity index is 1890. The maximum Gasteiger partial charge on any atom is 0.335 e. The number of Topliss-reactive ketones (excluding diaryl/α,β-unsaturated/α-hetero) is 1. The number of rotatable bonds is 10. The number of nitrogens with two attached hydrogens (primary N) is 1. The maximum atomic E-state index is 12.8. The molecule has 57 heavy (non-hydrogen) atoms. The molecule has 6 rings (SSSR count). The Balaban J connectivity index is 0.000000211. The minimum Gasteiger partial charge on any atom is -0.478 e. The van der Waals surface area contributed by atoms with E-state index in [0.29, 0.717) is 43.4 Å². The number of carbonyl (C=O) groups excluding carboxylic acids is 1. The molecule has 0 unspecified atom stereocenters. The number of pyridine rings is 2. The second-order valence-corrected chi connectivity index (χ2v) is 18.4. The van der Waals surface area contributed by atoms with Gasteiger partial charge in [0.25, 0.3) is 0 Å². The molecular formula is C47H65N5O5. The highest BCUT2D eigenvalue weighted by Crippen LogP contribution is 2.35. The first kappa shape index (κ1) is 45.1. The Kier molecular flexibility index (Phi) is 15.2. The van der Waals surface area contributed by atoms with E-state index in [2.05, 4.69) is 76.0 Å². The van der Waals surface area contributed by atoms with E-state index < -0.39 is 5.97 Å². The number of aromatic carboxylic acids is 1. The van der Waals surface area contributed by atoms with Crippen LogP contribution in [0.5, 0.6) is 11.8 Å². The fourth-order valence-corrected chi connectivity index (χ4v) is 8.50. The van der Waals surface area contributed by atoms with Crippen molar-refractivity contribution in [2.45, 2.75) is 143 Å². The van der Waals surface area contributed by atoms with Crippen LogP contribution >= 0.6 is 0 Å². The molecule has 0 spiro atoms. The molecule has 2 aromatic carbocycles. The van der Waals surface area contributed by atoms with Crippen molar-refractivity contribution in [2.24, 2.45) is 11.7 Å². The van der Waals surface area contributed by atoms with Gasteiger partial charge in [-0.05, 0) is 136 Å². The van der Waals surface area contributed by atoms with Crippen molar-refractivity contribution in [3.05, 3.63) is 119 Å². The third-order valence-corrected chi connectivity index (χ3v) is 9.95. The van der Waals surface area contributed by atoms with E-state index in [4.69, 9.17) is 20.3 Å². The van der Waals surface area contributed by atoms with Gasteiger partial charge in [-0.15, -0.1) is 0 Å². The van der Waals surface area contributed by atoms with Crippen molar-refractivity contribution in [1.82, 2.24) is 20.6 Å². The van der Waals surface area contributed by atoms with Gasteiger partial charge >= 0.3 is 5.97 Å². The van der Waals surface area contributed by atoms with Crippen molar-refractivity contribution >= 4 is 11.8 Å². The van der Waals surface area contributed by atoms with Gasteiger partial charge in [0.05, 0.1) is 5.56 Å². The Morgan fingerprint density at radius 3 is 1.39 bits per heavy atom. The molecule has 2 aliphatic heterocycles. The van der Waals surface area contributed by atoms with Gasteiger partial charge in [0, 0.05) is 63.7 Å². The standard InChI is InChI=1S/C24H32N2O2.C14H13NO3.C9H20N2/c1-17-7-6-8-22(25-17)28-16-18-9-11-20(12-10-18)21(27)13-19-14-23(2,3)26-24(4,5)15-19;1-10-3-2-4-13(15-10)18-9-11-5-7-12(8-6-11)14(16)17;1-8(2)5-7(10)6-9(3,4)11-8/h6-12,19,26H,13-16H2,1-5H3;2-8H,9H2,1H3,(H,16,17);7,11H,5-6,10H2,1-4H3. The van der Waals surface area contributed by atoms with Crippen molar-refractivity contribution in [3.63, 3.8) is 0 Å². The summed E-state index contributed by atoms with van der Waals surface area (Å²) in [6.45, 7) is 22.4. The summed E-state index contributed by atoms with van der Waals surface area (Å²) in [6.07, 6.45) is 4.82. The van der Waals surface area contributed by atoms with Crippen LogP contribution in [0, 0.1) is 19.8 Å². The number of nitrogens with one attached hydrogen (secondary N) is 2. The Morgan fingerprint density at radius 2 is 1.02 bits per heavy atom. The molecule has 10 nitrogen and oxygen atoms in total. The summed E-state index contributed by atoms with van der Waals surface area (Å²) in [5.41, 5.74) is 11.3. The SMILES string of the molecule is CC1(C)CC(N)CC(C)(C)N1.Cc1cccc(OCc2ccc(C(=O)CC3CC(C)(C)NC(C)(C)C3)cc2)n1.Cc1cccc(OCc2ccc(C(=O)O)cc2)n1. The monoisotopic (exact) mass is 779 g/mol. The second kappa shape index (κ2) is 19.2. The molecule has 2 fully saturated rings. The molecule has 0 aliphatic carbocycles. The summed E-state index contributed by atoms with van der Waals surface area (Å²) in [7, 11) is 0. The van der Waals surface area contributed by atoms with Crippen molar-refractivity contribution in [3.8, 4) is 11.8 Å². The first-order valence-electron chi connectivity index (χ1n) is 20.0. The molecule has 308 valence electrons. The largest absolute Gasteiger partial charge is 0.478 e. The van der Waals surface area contributed by atoms with E-state index in [0.717, 1.165) is 53.8 Å². The summed E-state index contributed by atoms with van der Waals surface area (Å²) in [5.74, 6) is 0.900. The maximum absolute atomic E-state index is 12.8. The first-order valence-corrected chi connectivity index (χ1v) is 20.0. The lowest BCUT2D eigenvalue weighted by atomic mass is 9.74. The number of piperidine rings is 2. The first-order chi connectivity index (χ1) is 26.6. The van der Waals surface area contributed by atoms with Crippen LogP contribution in [0.25, 0.3) is 0 Å². The Hall–Kier alpha value is -4.64. The number of carboxylic acid groups (broad SMARTS) is 1. The number of ether oxygens (including phenoxy) is 2. The number of benzene rings is 2. The van der Waals surface area contributed by atoms with Gasteiger partial charge in [-0.1, -0.05) is 48.5 Å². The van der Waals surface area contributed by atoms with Crippen LogP contribution < -0.4 is 25.8 Å². The third kappa shape index (κ3) is 15.7. The number of aromatic nitrogens is 2. The van der Waals surface area contributed by atoms with Crippen LogP contribution in [0.1, 0.15) is 131 Å². The van der Waals surface area contributed by atoms with E-state index >= 15 is 0 Å². The van der Waals surface area contributed by atoms with E-state index in [1.807, 2.05) is 68.4 Å². The molecule has 0 radical (unpaired) electrons. The van der Waals surface area contributed by atoms with Crippen LogP contribution in [0.3, 0.4) is 0 Å². The second-order valence-electron chi connectivity index (χ2n) is 18.4. The highest BCUT2D eigenvalue weighted by Gasteiger charge is 2.38. The molecule has 2 aliphatic rings. The van der Waals surface area contributed by atoms with Gasteiger partial charge in [-0.2, -0.15) is 0 Å². The summed E-state index contributed by atoms with van der Waals surface area (Å²) in [4.78, 5) is 32.0. The normalized spacial score (nSPS) is 18.2. The molecule has 10 heteroatoms. The molecule has 2 saturated heterocycles. The zero-order valence-corrected chi connectivity index (χ0v) is 35.7. The van der Waals surface area contributed by atoms with E-state index in [9.17, 15) is 9.59 Å². The number of carbonyl (C=O) groups is 2. The van der Waals surface area contributed by atoms with Crippen molar-refractivity contribution in [1.29, 1.82) is 0 Å². The van der Waals surface area contributed by atoms with Gasteiger partial charge in [-0.25, -0.2) is 14.8 Å². The van der Waals surface area contributed by atoms with Gasteiger partial charge in [0.2, 0.25) is 11.8 Å². The van der Waals surface area contributed by atoms with E-state index in [1.54, 1.807) is 30.3 Å². The zero-order chi connectivity index (χ0) is 42.0. The fourth-order valence-electron chi connectivity index (χ4n) is 8.50. The third-order valence-electron chi connectivity index (χ3n) is 9.95. The number of aryl methyl sites for hydroxylation is 2.